The zero-order valence-corrected chi connectivity index (χ0v) is 10.1. The molecule has 2 heteroatoms. The molecular weight excluding hydrogens is 188 g/mol. The van der Waals surface area contributed by atoms with Crippen molar-refractivity contribution in [2.45, 2.75) is 40.5 Å². The third kappa shape index (κ3) is 1.27. The van der Waals surface area contributed by atoms with Gasteiger partial charge in [-0.3, -0.25) is 0 Å². The molecule has 2 bridgehead atoms. The number of rotatable bonds is 2. The van der Waals surface area contributed by atoms with Crippen LogP contribution in [0.25, 0.3) is 0 Å². The second-order valence-electron chi connectivity index (χ2n) is 5.55. The fraction of sp³-hybridized carbons (Fsp3) is 0.769. The Morgan fingerprint density at radius 1 is 1.53 bits per heavy atom. The van der Waals surface area contributed by atoms with Crippen LogP contribution in [0.3, 0.4) is 0 Å². The average Bonchev–Trinajstić information content (AvgIpc) is 2.49. The van der Waals surface area contributed by atoms with Gasteiger partial charge < -0.3 is 4.74 Å². The fourth-order valence-corrected chi connectivity index (χ4v) is 3.19. The molecule has 0 aliphatic heterocycles. The summed E-state index contributed by atoms with van der Waals surface area (Å²) in [6.45, 7) is 9.14. The van der Waals surface area contributed by atoms with E-state index in [1.807, 2.05) is 6.92 Å². The molecule has 0 aromatic rings. The molecule has 0 N–H and O–H groups in total. The Hall–Kier alpha value is -0.790. The van der Waals surface area contributed by atoms with E-state index in [0.717, 1.165) is 12.0 Å². The number of esters is 1. The summed E-state index contributed by atoms with van der Waals surface area (Å²) in [6, 6.07) is 0. The van der Waals surface area contributed by atoms with E-state index in [1.165, 1.54) is 6.42 Å². The summed E-state index contributed by atoms with van der Waals surface area (Å²) < 4.78 is 5.11. The Morgan fingerprint density at radius 2 is 2.20 bits per heavy atom. The second-order valence-corrected chi connectivity index (χ2v) is 5.55. The van der Waals surface area contributed by atoms with Gasteiger partial charge >= 0.3 is 5.97 Å². The number of ether oxygens (including phenoxy) is 1. The first-order chi connectivity index (χ1) is 6.92. The largest absolute Gasteiger partial charge is 0.463 e. The summed E-state index contributed by atoms with van der Waals surface area (Å²) in [4.78, 5) is 11.8. The van der Waals surface area contributed by atoms with Gasteiger partial charge in [0.05, 0.1) is 6.61 Å². The minimum absolute atomic E-state index is 0.0981. The molecule has 0 aromatic carbocycles. The molecule has 2 rings (SSSR count). The highest BCUT2D eigenvalue weighted by Crippen LogP contribution is 2.64. The molecule has 0 unspecified atom stereocenters. The quantitative estimate of drug-likeness (QED) is 0.652. The lowest BCUT2D eigenvalue weighted by Crippen LogP contribution is -2.28. The van der Waals surface area contributed by atoms with Crippen molar-refractivity contribution in [2.24, 2.45) is 16.7 Å². The smallest absolute Gasteiger partial charge is 0.333 e. The molecule has 2 atom stereocenters. The van der Waals surface area contributed by atoms with E-state index in [4.69, 9.17) is 4.74 Å². The number of allylic oxidation sites excluding steroid dienone is 1. The van der Waals surface area contributed by atoms with Crippen molar-refractivity contribution in [1.29, 1.82) is 0 Å². The van der Waals surface area contributed by atoms with Crippen molar-refractivity contribution in [2.75, 3.05) is 6.61 Å². The van der Waals surface area contributed by atoms with Crippen molar-refractivity contribution in [3.63, 3.8) is 0 Å². The minimum Gasteiger partial charge on any atom is -0.463 e. The van der Waals surface area contributed by atoms with Gasteiger partial charge in [-0.15, -0.1) is 0 Å². The normalized spacial score (nSPS) is 36.5. The second kappa shape index (κ2) is 3.10. The molecule has 15 heavy (non-hydrogen) atoms. The Balaban J connectivity index is 2.29. The van der Waals surface area contributed by atoms with E-state index in [0.29, 0.717) is 12.5 Å². The monoisotopic (exact) mass is 208 g/mol. The first-order valence-electron chi connectivity index (χ1n) is 5.82. The molecular formula is C13H20O2. The van der Waals surface area contributed by atoms with Crippen LogP contribution in [0.5, 0.6) is 0 Å². The van der Waals surface area contributed by atoms with Crippen LogP contribution in [0, 0.1) is 16.7 Å². The maximum absolute atomic E-state index is 11.8. The van der Waals surface area contributed by atoms with E-state index in [9.17, 15) is 4.79 Å². The molecule has 0 heterocycles. The van der Waals surface area contributed by atoms with Gasteiger partial charge in [0.1, 0.15) is 0 Å². The number of hydrogen-bond acceptors (Lipinski definition) is 2. The lowest BCUT2D eigenvalue weighted by atomic mass is 9.70. The number of hydrogen-bond donors (Lipinski definition) is 0. The SMILES string of the molecule is CCOC(=O)C1=C[C@@]2(C)CC[C@H]1C2(C)C. The average molecular weight is 208 g/mol. The Kier molecular flexibility index (Phi) is 2.21. The zero-order chi connectivity index (χ0) is 11.3. The van der Waals surface area contributed by atoms with Gasteiger partial charge in [0.25, 0.3) is 0 Å². The van der Waals surface area contributed by atoms with Gasteiger partial charge in [-0.1, -0.05) is 26.8 Å². The van der Waals surface area contributed by atoms with Crippen molar-refractivity contribution >= 4 is 5.97 Å². The van der Waals surface area contributed by atoms with Gasteiger partial charge in [-0.05, 0) is 36.5 Å². The molecule has 0 amide bonds. The van der Waals surface area contributed by atoms with Crippen LogP contribution in [0.2, 0.25) is 0 Å². The zero-order valence-electron chi connectivity index (χ0n) is 10.1. The topological polar surface area (TPSA) is 26.3 Å². The van der Waals surface area contributed by atoms with Crippen molar-refractivity contribution < 1.29 is 9.53 Å². The molecule has 2 aliphatic rings. The molecule has 0 aromatic heterocycles. The molecule has 0 radical (unpaired) electrons. The minimum atomic E-state index is -0.0981. The van der Waals surface area contributed by atoms with Crippen molar-refractivity contribution in [1.82, 2.24) is 0 Å². The van der Waals surface area contributed by atoms with Crippen LogP contribution < -0.4 is 0 Å². The third-order valence-electron chi connectivity index (χ3n) is 4.66. The van der Waals surface area contributed by atoms with Crippen LogP contribution in [0.4, 0.5) is 0 Å². The van der Waals surface area contributed by atoms with Crippen molar-refractivity contribution in [3.05, 3.63) is 11.6 Å². The van der Waals surface area contributed by atoms with Crippen LogP contribution in [0.1, 0.15) is 40.5 Å². The highest BCUT2D eigenvalue weighted by Gasteiger charge is 2.57. The fourth-order valence-electron chi connectivity index (χ4n) is 3.19. The molecule has 0 saturated heterocycles. The summed E-state index contributed by atoms with van der Waals surface area (Å²) in [5, 5.41) is 0. The summed E-state index contributed by atoms with van der Waals surface area (Å²) in [5.41, 5.74) is 1.34. The molecule has 84 valence electrons. The van der Waals surface area contributed by atoms with Crippen LogP contribution in [-0.2, 0) is 9.53 Å². The van der Waals surface area contributed by atoms with Gasteiger partial charge in [0, 0.05) is 5.57 Å². The highest BCUT2D eigenvalue weighted by molar-refractivity contribution is 5.90. The standard InChI is InChI=1S/C13H20O2/c1-5-15-11(14)9-8-13(4)7-6-10(9)12(13,2)3/h8,10H,5-7H2,1-4H3/t10-,13-/m1/s1. The summed E-state index contributed by atoms with van der Waals surface area (Å²) in [7, 11) is 0. The molecule has 1 fully saturated rings. The lowest BCUT2D eigenvalue weighted by molar-refractivity contribution is -0.139. The summed E-state index contributed by atoms with van der Waals surface area (Å²) >= 11 is 0. The first kappa shape index (κ1) is 10.7. The number of carbonyl (C=O) groups excluding carboxylic acids is 1. The van der Waals surface area contributed by atoms with Crippen LogP contribution in [-0.4, -0.2) is 12.6 Å². The van der Waals surface area contributed by atoms with E-state index in [2.05, 4.69) is 26.8 Å². The maximum Gasteiger partial charge on any atom is 0.333 e. The van der Waals surface area contributed by atoms with E-state index >= 15 is 0 Å². The Bertz CT molecular complexity index is 327. The van der Waals surface area contributed by atoms with E-state index in [1.54, 1.807) is 0 Å². The Labute approximate surface area is 91.7 Å². The van der Waals surface area contributed by atoms with Gasteiger partial charge in [0.2, 0.25) is 0 Å². The molecule has 1 saturated carbocycles. The molecule has 0 spiro atoms. The van der Waals surface area contributed by atoms with Crippen LogP contribution in [0.15, 0.2) is 11.6 Å². The predicted octanol–water partition coefficient (Wildman–Crippen LogP) is 2.93. The molecule has 2 aliphatic carbocycles. The van der Waals surface area contributed by atoms with E-state index < -0.39 is 0 Å². The number of fused-ring (bicyclic) bond motifs is 2. The van der Waals surface area contributed by atoms with Gasteiger partial charge in [-0.2, -0.15) is 0 Å². The third-order valence-corrected chi connectivity index (χ3v) is 4.66. The number of carbonyl (C=O) groups is 1. The highest BCUT2D eigenvalue weighted by atomic mass is 16.5. The summed E-state index contributed by atoms with van der Waals surface area (Å²) in [6.07, 6.45) is 4.50. The van der Waals surface area contributed by atoms with Crippen molar-refractivity contribution in [3.8, 4) is 0 Å². The maximum atomic E-state index is 11.8. The van der Waals surface area contributed by atoms with Crippen LogP contribution >= 0.6 is 0 Å². The summed E-state index contributed by atoms with van der Waals surface area (Å²) in [5.74, 6) is 0.306. The van der Waals surface area contributed by atoms with Gasteiger partial charge in [0.15, 0.2) is 0 Å². The lowest BCUT2D eigenvalue weighted by Gasteiger charge is -2.33. The predicted molar refractivity (Wildman–Crippen MR) is 59.3 cm³/mol. The molecule has 2 nitrogen and oxygen atoms in total. The van der Waals surface area contributed by atoms with E-state index in [-0.39, 0.29) is 16.8 Å². The van der Waals surface area contributed by atoms with Gasteiger partial charge in [-0.25, -0.2) is 4.79 Å². The first-order valence-corrected chi connectivity index (χ1v) is 5.82. The Morgan fingerprint density at radius 3 is 2.60 bits per heavy atom.